The number of aryl methyl sites for hydroxylation is 2. The average Bonchev–Trinajstić information content (AvgIpc) is 3.40. The first-order valence-electron chi connectivity index (χ1n) is 15.8. The van der Waals surface area contributed by atoms with E-state index in [-0.39, 0.29) is 58.4 Å². The number of amides is 2. The molecule has 2 aliphatic heterocycles. The highest BCUT2D eigenvalue weighted by molar-refractivity contribution is 8.00. The monoisotopic (exact) mass is 825 g/mol. The van der Waals surface area contributed by atoms with E-state index in [1.807, 2.05) is 4.72 Å². The molecular formula is C33H37ClFN7O9S3. The van der Waals surface area contributed by atoms with Gasteiger partial charge in [0.2, 0.25) is 10.7 Å². The number of benzene rings is 2. The second-order valence-electron chi connectivity index (χ2n) is 11.4. The van der Waals surface area contributed by atoms with E-state index < -0.39 is 39.9 Å². The smallest absolute Gasteiger partial charge is 0.339 e. The molecule has 2 aromatic carbocycles. The molecule has 2 aliphatic rings. The molecule has 0 atom stereocenters. The molecular weight excluding hydrogens is 789 g/mol. The fraction of sp³-hybridized carbons (Fsp3) is 0.364. The Labute approximate surface area is 322 Å². The first-order chi connectivity index (χ1) is 25.2. The van der Waals surface area contributed by atoms with Crippen molar-refractivity contribution in [2.45, 2.75) is 63.1 Å². The molecule has 2 aromatic heterocycles. The van der Waals surface area contributed by atoms with Crippen molar-refractivity contribution in [3.8, 4) is 0 Å². The van der Waals surface area contributed by atoms with E-state index >= 15 is 0 Å². The standard InChI is InChI=1S/C17H18N4O6S.C15H15ClFN3O3S2.CH4/c1-10-7-11(2)19-16(18-10)20-17(23)21-28(24,25)14-6-4-3-5-13(14)15(22)27-12-8-26-9-12;1-23-13(21)8-24-12-7-11(10(17)6-9(12)16)18-14-19-4-2-3-5-20(19)15(22)25-14;/h3-7,12H,8-9H2,1-2H3,(H2,18,19,20,21,23);6-7H,2-5,8H2,1H3;1H4. The van der Waals surface area contributed by atoms with Crippen LogP contribution in [-0.2, 0) is 42.1 Å². The summed E-state index contributed by atoms with van der Waals surface area (Å²) in [5.41, 5.74) is 1.12. The molecule has 2 amide bonds. The molecule has 0 unspecified atom stereocenters. The molecule has 0 saturated carbocycles. The molecule has 16 nitrogen and oxygen atoms in total. The van der Waals surface area contributed by atoms with E-state index in [2.05, 4.69) is 25.0 Å². The normalized spacial score (nSPS) is 14.0. The van der Waals surface area contributed by atoms with Gasteiger partial charge in [-0.2, -0.15) is 0 Å². The van der Waals surface area contributed by atoms with Crippen LogP contribution in [-0.4, -0.2) is 77.9 Å². The molecule has 4 aromatic rings. The summed E-state index contributed by atoms with van der Waals surface area (Å²) in [6.07, 6.45) is 1.48. The van der Waals surface area contributed by atoms with Crippen LogP contribution in [0.25, 0.3) is 0 Å². The number of fused-ring (bicyclic) bond motifs is 1. The fourth-order valence-electron chi connectivity index (χ4n) is 4.88. The Morgan fingerprint density at radius 1 is 1.09 bits per heavy atom. The third-order valence-corrected chi connectivity index (χ3v) is 11.1. The number of esters is 2. The Kier molecular flexibility index (Phi) is 14.5. The molecule has 0 spiro atoms. The summed E-state index contributed by atoms with van der Waals surface area (Å²) in [6, 6.07) is 8.73. The van der Waals surface area contributed by atoms with Gasteiger partial charge in [0.1, 0.15) is 22.5 Å². The van der Waals surface area contributed by atoms with Crippen molar-refractivity contribution in [2.75, 3.05) is 31.4 Å². The van der Waals surface area contributed by atoms with Crippen LogP contribution in [0.2, 0.25) is 5.02 Å². The second kappa shape index (κ2) is 18.6. The lowest BCUT2D eigenvalue weighted by Crippen LogP contribution is -2.39. The van der Waals surface area contributed by atoms with Gasteiger partial charge in [-0.1, -0.05) is 31.2 Å². The second-order valence-corrected chi connectivity index (χ2v) is 15.4. The predicted molar refractivity (Wildman–Crippen MR) is 199 cm³/mol. The molecule has 0 radical (unpaired) electrons. The van der Waals surface area contributed by atoms with E-state index in [0.717, 1.165) is 42.0 Å². The van der Waals surface area contributed by atoms with E-state index in [1.165, 1.54) is 37.4 Å². The van der Waals surface area contributed by atoms with Gasteiger partial charge >= 0.3 is 22.8 Å². The lowest BCUT2D eigenvalue weighted by molar-refractivity contribution is -0.137. The van der Waals surface area contributed by atoms with Crippen LogP contribution in [0.15, 0.2) is 62.0 Å². The minimum Gasteiger partial charge on any atom is -0.468 e. The molecule has 1 fully saturated rings. The van der Waals surface area contributed by atoms with Crippen LogP contribution in [0.1, 0.15) is 42.0 Å². The molecule has 0 bridgehead atoms. The number of thioether (sulfide) groups is 1. The Morgan fingerprint density at radius 2 is 1.76 bits per heavy atom. The van der Waals surface area contributed by atoms with Gasteiger partial charge in [0.15, 0.2) is 0 Å². The van der Waals surface area contributed by atoms with Gasteiger partial charge in [0.25, 0.3) is 10.0 Å². The van der Waals surface area contributed by atoms with Crippen LogP contribution >= 0.6 is 34.7 Å². The molecule has 4 heterocycles. The third kappa shape index (κ3) is 10.7. The van der Waals surface area contributed by atoms with Gasteiger partial charge in [-0.15, -0.1) is 11.8 Å². The topological polar surface area (TPSA) is 202 Å². The van der Waals surface area contributed by atoms with Gasteiger partial charge in [0.05, 0.1) is 36.7 Å². The Morgan fingerprint density at radius 3 is 2.41 bits per heavy atom. The first kappa shape index (κ1) is 42.1. The summed E-state index contributed by atoms with van der Waals surface area (Å²) in [5, 5.41) is 2.46. The van der Waals surface area contributed by atoms with E-state index in [1.54, 1.807) is 29.3 Å². The van der Waals surface area contributed by atoms with Gasteiger partial charge in [-0.3, -0.25) is 19.6 Å². The summed E-state index contributed by atoms with van der Waals surface area (Å²) < 4.78 is 59.4. The van der Waals surface area contributed by atoms with Crippen LogP contribution in [0, 0.1) is 19.7 Å². The summed E-state index contributed by atoms with van der Waals surface area (Å²) in [5.74, 6) is -1.77. The molecule has 54 heavy (non-hydrogen) atoms. The number of sulfonamides is 1. The number of hydrogen-bond donors (Lipinski definition) is 2. The van der Waals surface area contributed by atoms with E-state index in [0.29, 0.717) is 34.2 Å². The third-order valence-electron chi connectivity index (χ3n) is 7.39. The highest BCUT2D eigenvalue weighted by atomic mass is 35.5. The number of carbonyl (C=O) groups excluding carboxylic acids is 3. The number of hydrogen-bond acceptors (Lipinski definition) is 14. The zero-order valence-corrected chi connectivity index (χ0v) is 31.7. The zero-order chi connectivity index (χ0) is 38.3. The lowest BCUT2D eigenvalue weighted by Gasteiger charge is -2.25. The maximum Gasteiger partial charge on any atom is 0.339 e. The molecule has 21 heteroatoms. The fourth-order valence-corrected chi connectivity index (χ4v) is 7.97. The molecule has 0 aliphatic carbocycles. The zero-order valence-electron chi connectivity index (χ0n) is 28.5. The van der Waals surface area contributed by atoms with Crippen molar-refractivity contribution in [3.63, 3.8) is 0 Å². The number of urea groups is 1. The summed E-state index contributed by atoms with van der Waals surface area (Å²) in [7, 11) is -3.05. The van der Waals surface area contributed by atoms with Crippen molar-refractivity contribution in [1.82, 2.24) is 24.1 Å². The SMILES string of the molecule is C.COC(=O)CSc1cc(N=c2sc(=O)n3n2CCCC3)c(F)cc1Cl.Cc1cc(C)nc(NC(=O)NS(=O)(=O)c2ccccc2C(=O)OC2COC2)n1. The average molecular weight is 826 g/mol. The molecule has 6 rings (SSSR count). The van der Waals surface area contributed by atoms with Crippen molar-refractivity contribution in [3.05, 3.63) is 84.7 Å². The molecule has 290 valence electrons. The van der Waals surface area contributed by atoms with Crippen LogP contribution in [0.3, 0.4) is 0 Å². The van der Waals surface area contributed by atoms with Gasteiger partial charge < -0.3 is 14.2 Å². The van der Waals surface area contributed by atoms with Crippen molar-refractivity contribution in [1.29, 1.82) is 0 Å². The minimum atomic E-state index is -4.35. The highest BCUT2D eigenvalue weighted by Crippen LogP contribution is 2.33. The number of rotatable bonds is 9. The van der Waals surface area contributed by atoms with Crippen molar-refractivity contribution < 1.29 is 41.4 Å². The summed E-state index contributed by atoms with van der Waals surface area (Å²) in [6.45, 7) is 5.27. The lowest BCUT2D eigenvalue weighted by atomic mass is 10.2. The number of carbonyl (C=O) groups is 3. The number of anilines is 1. The van der Waals surface area contributed by atoms with Gasteiger partial charge in [-0.25, -0.2) is 46.8 Å². The predicted octanol–water partition coefficient (Wildman–Crippen LogP) is 4.59. The number of halogens is 2. The maximum absolute atomic E-state index is 14.3. The van der Waals surface area contributed by atoms with Crippen molar-refractivity contribution >= 4 is 74.3 Å². The number of aromatic nitrogens is 4. The molecule has 1 saturated heterocycles. The van der Waals surface area contributed by atoms with E-state index in [4.69, 9.17) is 21.1 Å². The van der Waals surface area contributed by atoms with Crippen LogP contribution in [0.4, 0.5) is 20.8 Å². The number of methoxy groups -OCH3 is 1. The van der Waals surface area contributed by atoms with Crippen LogP contribution < -0.4 is 19.7 Å². The van der Waals surface area contributed by atoms with Gasteiger partial charge in [-0.05, 0) is 68.4 Å². The number of nitrogens with one attached hydrogen (secondary N) is 2. The summed E-state index contributed by atoms with van der Waals surface area (Å²) >= 11 is 8.17. The van der Waals surface area contributed by atoms with E-state index in [9.17, 15) is 32.0 Å². The molecule has 2 N–H and O–H groups in total. The van der Waals surface area contributed by atoms with Crippen molar-refractivity contribution in [2.24, 2.45) is 4.99 Å². The van der Waals surface area contributed by atoms with Crippen LogP contribution in [0.5, 0.6) is 0 Å². The quantitative estimate of drug-likeness (QED) is 0.176. The largest absolute Gasteiger partial charge is 0.468 e. The maximum atomic E-state index is 14.3. The Hall–Kier alpha value is -4.63. The first-order valence-corrected chi connectivity index (χ1v) is 19.5. The Bertz CT molecular complexity index is 2260. The Balaban J connectivity index is 0.000000238. The number of nitrogens with zero attached hydrogens (tertiary/aromatic N) is 5. The number of ether oxygens (including phenoxy) is 3. The summed E-state index contributed by atoms with van der Waals surface area (Å²) in [4.78, 5) is 60.5. The highest BCUT2D eigenvalue weighted by Gasteiger charge is 2.29. The van der Waals surface area contributed by atoms with Gasteiger partial charge in [0, 0.05) is 29.4 Å². The minimum absolute atomic E-state index is 0.